The van der Waals surface area contributed by atoms with E-state index in [0.29, 0.717) is 18.8 Å². The summed E-state index contributed by atoms with van der Waals surface area (Å²) < 4.78 is 5.11. The molecule has 0 unspecified atom stereocenters. The maximum Gasteiger partial charge on any atom is 0.338 e. The van der Waals surface area contributed by atoms with Crippen molar-refractivity contribution >= 4 is 17.3 Å². The molecule has 2 heterocycles. The van der Waals surface area contributed by atoms with Gasteiger partial charge >= 0.3 is 5.97 Å². The predicted octanol–water partition coefficient (Wildman–Crippen LogP) is 2.03. The van der Waals surface area contributed by atoms with Crippen LogP contribution in [0.5, 0.6) is 0 Å². The quantitative estimate of drug-likeness (QED) is 0.851. The SMILES string of the molecule is Cc1nc(CNCc2cc(C(=O)O)co2)cs1. The van der Waals surface area contributed by atoms with Crippen LogP contribution >= 0.6 is 11.3 Å². The maximum absolute atomic E-state index is 10.6. The fourth-order valence-corrected chi connectivity index (χ4v) is 2.00. The number of carbonyl (C=O) groups is 1. The predicted molar refractivity (Wildman–Crippen MR) is 63.1 cm³/mol. The number of furan rings is 1. The Morgan fingerprint density at radius 3 is 3.00 bits per heavy atom. The molecule has 0 saturated heterocycles. The lowest BCUT2D eigenvalue weighted by Gasteiger charge is -1.98. The standard InChI is InChI=1S/C11H12N2O3S/c1-7-13-9(6-17-7)3-12-4-10-2-8(5-16-10)11(14)15/h2,5-6,12H,3-4H2,1H3,(H,14,15). The van der Waals surface area contributed by atoms with Crippen LogP contribution in [0.25, 0.3) is 0 Å². The highest BCUT2D eigenvalue weighted by molar-refractivity contribution is 7.09. The van der Waals surface area contributed by atoms with E-state index in [1.165, 1.54) is 12.3 Å². The van der Waals surface area contributed by atoms with Gasteiger partial charge in [-0.25, -0.2) is 9.78 Å². The number of carboxylic acids is 1. The van der Waals surface area contributed by atoms with Crippen molar-refractivity contribution in [3.05, 3.63) is 39.7 Å². The molecule has 2 aromatic rings. The van der Waals surface area contributed by atoms with Crippen LogP contribution in [-0.4, -0.2) is 16.1 Å². The molecule has 5 nitrogen and oxygen atoms in total. The topological polar surface area (TPSA) is 75.4 Å². The van der Waals surface area contributed by atoms with Crippen LogP contribution < -0.4 is 5.32 Å². The molecule has 2 aromatic heterocycles. The Hall–Kier alpha value is -1.66. The Labute approximate surface area is 102 Å². The fraction of sp³-hybridized carbons (Fsp3) is 0.273. The first-order chi connectivity index (χ1) is 8.15. The molecule has 90 valence electrons. The molecule has 0 aliphatic rings. The Morgan fingerprint density at radius 1 is 1.59 bits per heavy atom. The summed E-state index contributed by atoms with van der Waals surface area (Å²) in [5, 5.41) is 14.9. The van der Waals surface area contributed by atoms with Gasteiger partial charge in [0.2, 0.25) is 0 Å². The summed E-state index contributed by atoms with van der Waals surface area (Å²) in [6, 6.07) is 1.52. The molecule has 0 atom stereocenters. The van der Waals surface area contributed by atoms with Crippen LogP contribution in [0.3, 0.4) is 0 Å². The minimum atomic E-state index is -0.977. The van der Waals surface area contributed by atoms with Crippen molar-refractivity contribution in [1.29, 1.82) is 0 Å². The van der Waals surface area contributed by atoms with Gasteiger partial charge in [0.15, 0.2) is 0 Å². The van der Waals surface area contributed by atoms with Crippen molar-refractivity contribution in [3.8, 4) is 0 Å². The molecule has 0 spiro atoms. The van der Waals surface area contributed by atoms with Crippen LogP contribution in [0, 0.1) is 6.92 Å². The third-order valence-corrected chi connectivity index (χ3v) is 2.99. The molecule has 17 heavy (non-hydrogen) atoms. The van der Waals surface area contributed by atoms with Gasteiger partial charge in [-0.15, -0.1) is 11.3 Å². The number of rotatable bonds is 5. The number of nitrogens with one attached hydrogen (secondary N) is 1. The largest absolute Gasteiger partial charge is 0.478 e. The van der Waals surface area contributed by atoms with E-state index < -0.39 is 5.97 Å². The summed E-state index contributed by atoms with van der Waals surface area (Å²) in [5.74, 6) is -0.371. The second-order valence-corrected chi connectivity index (χ2v) is 4.63. The number of thiazole rings is 1. The van der Waals surface area contributed by atoms with Crippen molar-refractivity contribution in [3.63, 3.8) is 0 Å². The zero-order valence-corrected chi connectivity index (χ0v) is 10.1. The third kappa shape index (κ3) is 3.15. The number of carboxylic acid groups (broad SMARTS) is 1. The van der Waals surface area contributed by atoms with Crippen molar-refractivity contribution in [2.75, 3.05) is 0 Å². The van der Waals surface area contributed by atoms with E-state index in [9.17, 15) is 4.79 Å². The number of aromatic carboxylic acids is 1. The van der Waals surface area contributed by atoms with Gasteiger partial charge in [0.1, 0.15) is 12.0 Å². The van der Waals surface area contributed by atoms with Gasteiger partial charge in [0, 0.05) is 11.9 Å². The molecule has 0 fully saturated rings. The highest BCUT2D eigenvalue weighted by Gasteiger charge is 2.07. The maximum atomic E-state index is 10.6. The van der Waals surface area contributed by atoms with Crippen LogP contribution in [0.4, 0.5) is 0 Å². The minimum Gasteiger partial charge on any atom is -0.478 e. The molecule has 0 radical (unpaired) electrons. The van der Waals surface area contributed by atoms with Crippen molar-refractivity contribution in [2.24, 2.45) is 0 Å². The highest BCUT2D eigenvalue weighted by atomic mass is 32.1. The summed E-state index contributed by atoms with van der Waals surface area (Å²) in [6.45, 7) is 3.09. The van der Waals surface area contributed by atoms with Gasteiger partial charge in [-0.05, 0) is 13.0 Å². The summed E-state index contributed by atoms with van der Waals surface area (Å²) >= 11 is 1.61. The first-order valence-corrected chi connectivity index (χ1v) is 5.95. The number of aryl methyl sites for hydroxylation is 1. The van der Waals surface area contributed by atoms with Gasteiger partial charge in [-0.2, -0.15) is 0 Å². The molecule has 2 rings (SSSR count). The monoisotopic (exact) mass is 252 g/mol. The molecular formula is C11H12N2O3S. The van der Waals surface area contributed by atoms with Gasteiger partial charge in [0.05, 0.1) is 22.8 Å². The van der Waals surface area contributed by atoms with E-state index in [1.54, 1.807) is 11.3 Å². The van der Waals surface area contributed by atoms with Gasteiger partial charge < -0.3 is 14.8 Å². The molecule has 2 N–H and O–H groups in total. The van der Waals surface area contributed by atoms with Crippen molar-refractivity contribution in [1.82, 2.24) is 10.3 Å². The lowest BCUT2D eigenvalue weighted by Crippen LogP contribution is -2.12. The first-order valence-electron chi connectivity index (χ1n) is 5.07. The molecule has 0 aliphatic carbocycles. The number of hydrogen-bond donors (Lipinski definition) is 2. The Morgan fingerprint density at radius 2 is 2.41 bits per heavy atom. The van der Waals surface area contributed by atoms with Gasteiger partial charge in [0.25, 0.3) is 0 Å². The fourth-order valence-electron chi connectivity index (χ4n) is 1.39. The van der Waals surface area contributed by atoms with Crippen LogP contribution in [0.15, 0.2) is 22.1 Å². The molecule has 0 saturated carbocycles. The Bertz CT molecular complexity index is 518. The lowest BCUT2D eigenvalue weighted by atomic mass is 10.3. The Balaban J connectivity index is 1.83. The van der Waals surface area contributed by atoms with Crippen molar-refractivity contribution < 1.29 is 14.3 Å². The van der Waals surface area contributed by atoms with Gasteiger partial charge in [-0.1, -0.05) is 0 Å². The molecule has 0 amide bonds. The first kappa shape index (κ1) is 11.8. The molecule has 0 bridgehead atoms. The zero-order chi connectivity index (χ0) is 12.3. The number of hydrogen-bond acceptors (Lipinski definition) is 5. The second kappa shape index (κ2) is 5.11. The lowest BCUT2D eigenvalue weighted by molar-refractivity contribution is 0.0696. The minimum absolute atomic E-state index is 0.173. The van der Waals surface area contributed by atoms with E-state index in [0.717, 1.165) is 10.7 Å². The van der Waals surface area contributed by atoms with Crippen molar-refractivity contribution in [2.45, 2.75) is 20.0 Å². The summed E-state index contributed by atoms with van der Waals surface area (Å²) in [6.07, 6.45) is 1.24. The van der Waals surface area contributed by atoms with Crippen LogP contribution in [0.2, 0.25) is 0 Å². The van der Waals surface area contributed by atoms with E-state index in [1.807, 2.05) is 12.3 Å². The average Bonchev–Trinajstić information content (AvgIpc) is 2.88. The molecule has 0 aliphatic heterocycles. The molecule has 6 heteroatoms. The normalized spacial score (nSPS) is 10.6. The second-order valence-electron chi connectivity index (χ2n) is 3.57. The zero-order valence-electron chi connectivity index (χ0n) is 9.27. The summed E-state index contributed by atoms with van der Waals surface area (Å²) in [4.78, 5) is 14.9. The number of nitrogens with zero attached hydrogens (tertiary/aromatic N) is 1. The average molecular weight is 252 g/mol. The third-order valence-electron chi connectivity index (χ3n) is 2.17. The van der Waals surface area contributed by atoms with E-state index in [4.69, 9.17) is 9.52 Å². The van der Waals surface area contributed by atoms with E-state index in [-0.39, 0.29) is 5.56 Å². The number of aromatic nitrogens is 1. The highest BCUT2D eigenvalue weighted by Crippen LogP contribution is 2.09. The van der Waals surface area contributed by atoms with Gasteiger partial charge in [-0.3, -0.25) is 0 Å². The Kier molecular flexibility index (Phi) is 3.55. The molecule has 0 aromatic carbocycles. The molecular weight excluding hydrogens is 240 g/mol. The summed E-state index contributed by atoms with van der Waals surface area (Å²) in [5.41, 5.74) is 1.16. The van der Waals surface area contributed by atoms with Crippen LogP contribution in [0.1, 0.15) is 26.8 Å². The smallest absolute Gasteiger partial charge is 0.338 e. The summed E-state index contributed by atoms with van der Waals surface area (Å²) in [7, 11) is 0. The van der Waals surface area contributed by atoms with E-state index >= 15 is 0 Å². The van der Waals surface area contributed by atoms with Crippen LogP contribution in [-0.2, 0) is 13.1 Å². The van der Waals surface area contributed by atoms with E-state index in [2.05, 4.69) is 10.3 Å².